The Kier molecular flexibility index (Phi) is 4.07. The SMILES string of the molecule is CC(C)CC(N)c1cncn1C1(C)CCOCC1. The molecule has 4 nitrogen and oxygen atoms in total. The van der Waals surface area contributed by atoms with E-state index in [4.69, 9.17) is 10.5 Å². The van der Waals surface area contributed by atoms with Crippen LogP contribution in [0.15, 0.2) is 12.5 Å². The Morgan fingerprint density at radius 2 is 2.11 bits per heavy atom. The third-order valence-corrected chi connectivity index (χ3v) is 3.92. The normalized spacial score (nSPS) is 21.2. The van der Waals surface area contributed by atoms with Crippen molar-refractivity contribution in [2.24, 2.45) is 11.7 Å². The van der Waals surface area contributed by atoms with Gasteiger partial charge in [-0.2, -0.15) is 0 Å². The number of aromatic nitrogens is 2. The van der Waals surface area contributed by atoms with Crippen LogP contribution in [0.3, 0.4) is 0 Å². The number of hydrogen-bond donors (Lipinski definition) is 1. The summed E-state index contributed by atoms with van der Waals surface area (Å²) in [5.41, 5.74) is 7.58. The third-order valence-electron chi connectivity index (χ3n) is 3.92. The number of rotatable bonds is 4. The highest BCUT2D eigenvalue weighted by atomic mass is 16.5. The summed E-state index contributed by atoms with van der Waals surface area (Å²) in [6.45, 7) is 8.34. The molecule has 0 radical (unpaired) electrons. The van der Waals surface area contributed by atoms with Gasteiger partial charge in [0.1, 0.15) is 0 Å². The molecular formula is C14H25N3O. The Hall–Kier alpha value is -0.870. The molecule has 1 aromatic rings. The van der Waals surface area contributed by atoms with E-state index < -0.39 is 0 Å². The second-order valence-electron chi connectivity index (χ2n) is 6.03. The van der Waals surface area contributed by atoms with Crippen LogP contribution >= 0.6 is 0 Å². The van der Waals surface area contributed by atoms with E-state index in [-0.39, 0.29) is 11.6 Å². The van der Waals surface area contributed by atoms with Gasteiger partial charge in [0, 0.05) is 31.0 Å². The molecule has 0 bridgehead atoms. The largest absolute Gasteiger partial charge is 0.381 e. The minimum absolute atomic E-state index is 0.0761. The summed E-state index contributed by atoms with van der Waals surface area (Å²) in [5, 5.41) is 0. The summed E-state index contributed by atoms with van der Waals surface area (Å²) < 4.78 is 7.74. The fraction of sp³-hybridized carbons (Fsp3) is 0.786. The highest BCUT2D eigenvalue weighted by Gasteiger charge is 2.31. The molecule has 0 spiro atoms. The number of nitrogens with zero attached hydrogens (tertiary/aromatic N) is 2. The Morgan fingerprint density at radius 3 is 2.72 bits per heavy atom. The molecule has 2 heterocycles. The molecule has 2 N–H and O–H groups in total. The predicted octanol–water partition coefficient (Wildman–Crippen LogP) is 2.45. The zero-order chi connectivity index (χ0) is 13.2. The first-order valence-electron chi connectivity index (χ1n) is 6.89. The molecule has 0 aromatic carbocycles. The van der Waals surface area contributed by atoms with Gasteiger partial charge in [0.2, 0.25) is 0 Å². The summed E-state index contributed by atoms with van der Waals surface area (Å²) in [7, 11) is 0. The fourth-order valence-electron chi connectivity index (χ4n) is 2.71. The van der Waals surface area contributed by atoms with Crippen LogP contribution in [0.1, 0.15) is 51.8 Å². The summed E-state index contributed by atoms with van der Waals surface area (Å²) in [4.78, 5) is 4.31. The Balaban J connectivity index is 2.21. The molecule has 1 saturated heterocycles. The Morgan fingerprint density at radius 1 is 1.44 bits per heavy atom. The lowest BCUT2D eigenvalue weighted by Crippen LogP contribution is -2.38. The van der Waals surface area contributed by atoms with Crippen molar-refractivity contribution in [2.75, 3.05) is 13.2 Å². The van der Waals surface area contributed by atoms with Crippen LogP contribution in [0.5, 0.6) is 0 Å². The van der Waals surface area contributed by atoms with E-state index in [1.165, 1.54) is 0 Å². The van der Waals surface area contributed by atoms with Crippen LogP contribution in [0, 0.1) is 5.92 Å². The maximum atomic E-state index is 6.31. The smallest absolute Gasteiger partial charge is 0.0953 e. The van der Waals surface area contributed by atoms with E-state index in [2.05, 4.69) is 30.3 Å². The summed E-state index contributed by atoms with van der Waals surface area (Å²) in [6, 6.07) is 0.0761. The van der Waals surface area contributed by atoms with Crippen LogP contribution in [-0.4, -0.2) is 22.8 Å². The van der Waals surface area contributed by atoms with Gasteiger partial charge in [-0.15, -0.1) is 0 Å². The molecule has 4 heteroatoms. The van der Waals surface area contributed by atoms with Crippen molar-refractivity contribution in [1.82, 2.24) is 9.55 Å². The van der Waals surface area contributed by atoms with Gasteiger partial charge < -0.3 is 15.0 Å². The van der Waals surface area contributed by atoms with Crippen molar-refractivity contribution in [2.45, 2.75) is 51.6 Å². The lowest BCUT2D eigenvalue weighted by atomic mass is 9.91. The number of nitrogens with two attached hydrogens (primary N) is 1. The van der Waals surface area contributed by atoms with Crippen LogP contribution in [0.2, 0.25) is 0 Å². The van der Waals surface area contributed by atoms with Crippen molar-refractivity contribution >= 4 is 0 Å². The first kappa shape index (κ1) is 13.6. The molecule has 1 aliphatic rings. The average molecular weight is 251 g/mol. The number of hydrogen-bond acceptors (Lipinski definition) is 3. The van der Waals surface area contributed by atoms with Gasteiger partial charge in [-0.3, -0.25) is 0 Å². The molecule has 1 fully saturated rings. The monoisotopic (exact) mass is 251 g/mol. The highest BCUT2D eigenvalue weighted by Crippen LogP contribution is 2.32. The zero-order valence-corrected chi connectivity index (χ0v) is 11.7. The van der Waals surface area contributed by atoms with Gasteiger partial charge >= 0.3 is 0 Å². The molecule has 2 rings (SSSR count). The van der Waals surface area contributed by atoms with Gasteiger partial charge in [0.15, 0.2) is 0 Å². The van der Waals surface area contributed by atoms with Crippen LogP contribution < -0.4 is 5.73 Å². The van der Waals surface area contributed by atoms with Crippen molar-refractivity contribution in [3.63, 3.8) is 0 Å². The van der Waals surface area contributed by atoms with Crippen LogP contribution in [0.25, 0.3) is 0 Å². The fourth-order valence-corrected chi connectivity index (χ4v) is 2.71. The van der Waals surface area contributed by atoms with Gasteiger partial charge in [-0.1, -0.05) is 13.8 Å². The first-order valence-corrected chi connectivity index (χ1v) is 6.89. The van der Waals surface area contributed by atoms with Crippen molar-refractivity contribution < 1.29 is 4.74 Å². The summed E-state index contributed by atoms with van der Waals surface area (Å²) in [5.74, 6) is 0.603. The lowest BCUT2D eigenvalue weighted by molar-refractivity contribution is 0.0278. The molecule has 0 saturated carbocycles. The predicted molar refractivity (Wildman–Crippen MR) is 72.3 cm³/mol. The molecule has 0 aliphatic carbocycles. The van der Waals surface area contributed by atoms with E-state index in [1.54, 1.807) is 0 Å². The zero-order valence-electron chi connectivity index (χ0n) is 11.7. The topological polar surface area (TPSA) is 53.1 Å². The molecule has 1 aromatic heterocycles. The molecule has 1 unspecified atom stereocenters. The quantitative estimate of drug-likeness (QED) is 0.894. The van der Waals surface area contributed by atoms with Crippen molar-refractivity contribution in [1.29, 1.82) is 0 Å². The molecule has 102 valence electrons. The highest BCUT2D eigenvalue weighted by molar-refractivity contribution is 5.09. The van der Waals surface area contributed by atoms with Crippen molar-refractivity contribution in [3.05, 3.63) is 18.2 Å². The standard InChI is InChI=1S/C14H25N3O/c1-11(2)8-12(15)13-9-16-10-17(13)14(3)4-6-18-7-5-14/h9-12H,4-8,15H2,1-3H3. The average Bonchev–Trinajstić information content (AvgIpc) is 2.78. The van der Waals surface area contributed by atoms with Crippen molar-refractivity contribution in [3.8, 4) is 0 Å². The van der Waals surface area contributed by atoms with Gasteiger partial charge in [-0.25, -0.2) is 4.98 Å². The van der Waals surface area contributed by atoms with Gasteiger partial charge in [0.05, 0.1) is 12.0 Å². The summed E-state index contributed by atoms with van der Waals surface area (Å²) >= 11 is 0. The molecule has 0 amide bonds. The maximum Gasteiger partial charge on any atom is 0.0953 e. The molecule has 1 aliphatic heterocycles. The molecule has 18 heavy (non-hydrogen) atoms. The van der Waals surface area contributed by atoms with E-state index in [9.17, 15) is 0 Å². The Labute approximate surface area is 110 Å². The van der Waals surface area contributed by atoms with Gasteiger partial charge in [-0.05, 0) is 32.1 Å². The minimum atomic E-state index is 0.0761. The van der Waals surface area contributed by atoms with E-state index in [0.29, 0.717) is 5.92 Å². The van der Waals surface area contributed by atoms with Crippen LogP contribution in [-0.2, 0) is 10.3 Å². The lowest BCUT2D eigenvalue weighted by Gasteiger charge is -2.37. The van der Waals surface area contributed by atoms with E-state index in [1.807, 2.05) is 12.5 Å². The number of ether oxygens (including phenoxy) is 1. The third kappa shape index (κ3) is 2.75. The Bertz CT molecular complexity index is 380. The maximum absolute atomic E-state index is 6.31. The van der Waals surface area contributed by atoms with Crippen LogP contribution in [0.4, 0.5) is 0 Å². The second-order valence-corrected chi connectivity index (χ2v) is 6.03. The van der Waals surface area contributed by atoms with E-state index in [0.717, 1.165) is 38.2 Å². The van der Waals surface area contributed by atoms with E-state index >= 15 is 0 Å². The molecule has 1 atom stereocenters. The summed E-state index contributed by atoms with van der Waals surface area (Å²) in [6.07, 6.45) is 6.92. The minimum Gasteiger partial charge on any atom is -0.381 e. The van der Waals surface area contributed by atoms with Gasteiger partial charge in [0.25, 0.3) is 0 Å². The second kappa shape index (κ2) is 5.41. The molecular weight excluding hydrogens is 226 g/mol. The number of imidazole rings is 1. The first-order chi connectivity index (χ1) is 8.53.